The maximum absolute atomic E-state index is 12.9. The molecule has 29 heavy (non-hydrogen) atoms. The third-order valence-corrected chi connectivity index (χ3v) is 5.91. The van der Waals surface area contributed by atoms with E-state index in [1.165, 1.54) is 36.4 Å². The van der Waals surface area contributed by atoms with Crippen molar-refractivity contribution in [2.75, 3.05) is 6.54 Å². The van der Waals surface area contributed by atoms with Crippen LogP contribution in [0.1, 0.15) is 27.4 Å². The summed E-state index contributed by atoms with van der Waals surface area (Å²) in [4.78, 5) is 12.2. The smallest absolute Gasteiger partial charge is 0.287 e. The largest absolute Gasteiger partial charge is 0.455 e. The zero-order chi connectivity index (χ0) is 20.9. The van der Waals surface area contributed by atoms with E-state index < -0.39 is 21.6 Å². The lowest BCUT2D eigenvalue weighted by atomic mass is 10.1. The van der Waals surface area contributed by atoms with Crippen LogP contribution in [0.5, 0.6) is 0 Å². The first kappa shape index (κ1) is 21.1. The van der Waals surface area contributed by atoms with Gasteiger partial charge < -0.3 is 9.73 Å². The molecule has 1 amide bonds. The standard InChI is InChI=1S/C21H19ClFNO4S/c22-17-5-1-15(2-6-17)11-12-24-21(25)20-10-9-19(28-20)14-29(26,27)13-16-3-7-18(23)8-4-16/h1-10H,11-14H2,(H,24,25). The first-order chi connectivity index (χ1) is 13.8. The summed E-state index contributed by atoms with van der Waals surface area (Å²) < 4.78 is 43.0. The fraction of sp³-hybridized carbons (Fsp3) is 0.190. The van der Waals surface area contributed by atoms with Crippen LogP contribution >= 0.6 is 11.6 Å². The lowest BCUT2D eigenvalue weighted by molar-refractivity contribution is 0.0925. The van der Waals surface area contributed by atoms with Crippen molar-refractivity contribution in [1.82, 2.24) is 5.32 Å². The fourth-order valence-corrected chi connectivity index (χ4v) is 4.26. The molecule has 0 spiro atoms. The first-order valence-electron chi connectivity index (χ1n) is 8.87. The summed E-state index contributed by atoms with van der Waals surface area (Å²) in [6, 6.07) is 15.5. The van der Waals surface area contributed by atoms with Gasteiger partial charge in [0.25, 0.3) is 5.91 Å². The van der Waals surface area contributed by atoms with Crippen LogP contribution in [0.25, 0.3) is 0 Å². The normalized spacial score (nSPS) is 11.4. The molecule has 0 saturated heterocycles. The first-order valence-corrected chi connectivity index (χ1v) is 11.1. The molecular formula is C21H19ClFNO4S. The van der Waals surface area contributed by atoms with Crippen molar-refractivity contribution in [2.24, 2.45) is 0 Å². The molecule has 0 aliphatic carbocycles. The average Bonchev–Trinajstić information content (AvgIpc) is 3.13. The quantitative estimate of drug-likeness (QED) is 0.576. The second-order valence-electron chi connectivity index (χ2n) is 6.56. The van der Waals surface area contributed by atoms with Gasteiger partial charge in [0.2, 0.25) is 0 Å². The van der Waals surface area contributed by atoms with Crippen molar-refractivity contribution in [2.45, 2.75) is 17.9 Å². The van der Waals surface area contributed by atoms with E-state index in [0.29, 0.717) is 23.6 Å². The zero-order valence-corrected chi connectivity index (χ0v) is 17.0. The summed E-state index contributed by atoms with van der Waals surface area (Å²) in [5, 5.41) is 3.38. The summed E-state index contributed by atoms with van der Waals surface area (Å²) in [6.45, 7) is 0.402. The van der Waals surface area contributed by atoms with Gasteiger partial charge in [-0.25, -0.2) is 12.8 Å². The van der Waals surface area contributed by atoms with Gasteiger partial charge >= 0.3 is 0 Å². The maximum Gasteiger partial charge on any atom is 0.287 e. The van der Waals surface area contributed by atoms with Gasteiger partial charge in [0, 0.05) is 11.6 Å². The van der Waals surface area contributed by atoms with Crippen molar-refractivity contribution in [3.63, 3.8) is 0 Å². The SMILES string of the molecule is O=C(NCCc1ccc(Cl)cc1)c1ccc(CS(=O)(=O)Cc2ccc(F)cc2)o1. The number of benzene rings is 2. The Morgan fingerprint density at radius 2 is 1.59 bits per heavy atom. The molecule has 0 aliphatic rings. The minimum atomic E-state index is -3.53. The van der Waals surface area contributed by atoms with Crippen LogP contribution in [0.3, 0.4) is 0 Å². The van der Waals surface area contributed by atoms with Gasteiger partial charge in [-0.15, -0.1) is 0 Å². The lowest BCUT2D eigenvalue weighted by Gasteiger charge is -2.04. The van der Waals surface area contributed by atoms with Gasteiger partial charge in [0.05, 0.1) is 5.75 Å². The van der Waals surface area contributed by atoms with Crippen molar-refractivity contribution >= 4 is 27.3 Å². The molecule has 1 heterocycles. The molecule has 0 fully saturated rings. The third kappa shape index (κ3) is 6.44. The summed E-state index contributed by atoms with van der Waals surface area (Å²) in [5.74, 6) is -1.20. The average molecular weight is 436 g/mol. The summed E-state index contributed by atoms with van der Waals surface area (Å²) >= 11 is 5.84. The van der Waals surface area contributed by atoms with Gasteiger partial charge in [-0.3, -0.25) is 4.79 Å². The molecule has 1 N–H and O–H groups in total. The van der Waals surface area contributed by atoms with Crippen molar-refractivity contribution in [3.05, 3.63) is 94.2 Å². The number of halogens is 2. The molecule has 8 heteroatoms. The molecule has 5 nitrogen and oxygen atoms in total. The van der Waals surface area contributed by atoms with Crippen LogP contribution in [-0.4, -0.2) is 20.9 Å². The molecule has 0 unspecified atom stereocenters. The molecule has 1 aromatic heterocycles. The molecule has 2 aromatic carbocycles. The highest BCUT2D eigenvalue weighted by atomic mass is 35.5. The number of rotatable bonds is 8. The molecule has 0 aliphatic heterocycles. The van der Waals surface area contributed by atoms with Crippen LogP contribution in [0.4, 0.5) is 4.39 Å². The van der Waals surface area contributed by atoms with Gasteiger partial charge in [0.1, 0.15) is 17.3 Å². The monoisotopic (exact) mass is 435 g/mol. The Kier molecular flexibility index (Phi) is 6.71. The van der Waals surface area contributed by atoms with Crippen LogP contribution in [0.15, 0.2) is 65.1 Å². The molecular weight excluding hydrogens is 417 g/mol. The lowest BCUT2D eigenvalue weighted by Crippen LogP contribution is -2.25. The highest BCUT2D eigenvalue weighted by Gasteiger charge is 2.18. The molecule has 0 atom stereocenters. The van der Waals surface area contributed by atoms with Gasteiger partial charge in [-0.2, -0.15) is 0 Å². The Morgan fingerprint density at radius 1 is 0.931 bits per heavy atom. The molecule has 0 bridgehead atoms. The number of hydrogen-bond acceptors (Lipinski definition) is 4. The number of nitrogens with one attached hydrogen (secondary N) is 1. The molecule has 0 saturated carbocycles. The minimum Gasteiger partial charge on any atom is -0.455 e. The Hall–Kier alpha value is -2.64. The molecule has 0 radical (unpaired) electrons. The number of amides is 1. The van der Waals surface area contributed by atoms with E-state index in [9.17, 15) is 17.6 Å². The van der Waals surface area contributed by atoms with Crippen LogP contribution in [-0.2, 0) is 27.8 Å². The van der Waals surface area contributed by atoms with E-state index in [0.717, 1.165) is 5.56 Å². The highest BCUT2D eigenvalue weighted by molar-refractivity contribution is 7.89. The topological polar surface area (TPSA) is 76.4 Å². The Morgan fingerprint density at radius 3 is 2.28 bits per heavy atom. The number of furan rings is 1. The van der Waals surface area contributed by atoms with E-state index in [1.807, 2.05) is 12.1 Å². The third-order valence-electron chi connectivity index (χ3n) is 4.16. The molecule has 3 aromatic rings. The Balaban J connectivity index is 1.53. The second kappa shape index (κ2) is 9.24. The Bertz CT molecular complexity index is 1080. The van der Waals surface area contributed by atoms with E-state index in [2.05, 4.69) is 5.32 Å². The van der Waals surface area contributed by atoms with Crippen LogP contribution in [0.2, 0.25) is 5.02 Å². The van der Waals surface area contributed by atoms with E-state index >= 15 is 0 Å². The number of carbonyl (C=O) groups excluding carboxylic acids is 1. The highest BCUT2D eigenvalue weighted by Crippen LogP contribution is 2.16. The van der Waals surface area contributed by atoms with Gasteiger partial charge in [-0.05, 0) is 53.9 Å². The zero-order valence-electron chi connectivity index (χ0n) is 15.4. The Labute approximate surface area is 173 Å². The predicted molar refractivity (Wildman–Crippen MR) is 109 cm³/mol. The maximum atomic E-state index is 12.9. The van der Waals surface area contributed by atoms with E-state index in [1.54, 1.807) is 12.1 Å². The molecule has 152 valence electrons. The number of sulfone groups is 1. The predicted octanol–water partition coefficient (Wildman–Crippen LogP) is 4.16. The van der Waals surface area contributed by atoms with E-state index in [4.69, 9.17) is 16.0 Å². The van der Waals surface area contributed by atoms with Gasteiger partial charge in [0.15, 0.2) is 15.6 Å². The number of carbonyl (C=O) groups is 1. The summed E-state index contributed by atoms with van der Waals surface area (Å²) in [5.41, 5.74) is 1.51. The van der Waals surface area contributed by atoms with Crippen LogP contribution in [0, 0.1) is 5.82 Å². The van der Waals surface area contributed by atoms with Crippen molar-refractivity contribution in [3.8, 4) is 0 Å². The van der Waals surface area contributed by atoms with Crippen molar-refractivity contribution < 1.29 is 22.0 Å². The minimum absolute atomic E-state index is 0.0492. The number of hydrogen-bond donors (Lipinski definition) is 1. The summed E-state index contributed by atoms with van der Waals surface area (Å²) in [6.07, 6.45) is 0.628. The van der Waals surface area contributed by atoms with Gasteiger partial charge in [-0.1, -0.05) is 35.9 Å². The fourth-order valence-electron chi connectivity index (χ4n) is 2.74. The van der Waals surface area contributed by atoms with E-state index in [-0.39, 0.29) is 23.0 Å². The van der Waals surface area contributed by atoms with Crippen LogP contribution < -0.4 is 5.32 Å². The molecule has 3 rings (SSSR count). The summed E-state index contributed by atoms with van der Waals surface area (Å²) in [7, 11) is -3.53. The second-order valence-corrected chi connectivity index (χ2v) is 9.06. The van der Waals surface area contributed by atoms with Crippen molar-refractivity contribution in [1.29, 1.82) is 0 Å².